The number of ketones is 1. The van der Waals surface area contributed by atoms with Crippen molar-refractivity contribution in [2.45, 2.75) is 66.0 Å². The first-order valence-electron chi connectivity index (χ1n) is 8.20. The smallest absolute Gasteiger partial charge is 0.303 e. The molecule has 0 unspecified atom stereocenters. The van der Waals surface area contributed by atoms with Crippen molar-refractivity contribution in [2.24, 2.45) is 0 Å². The Balaban J connectivity index is 6.03. The van der Waals surface area contributed by atoms with Crippen molar-refractivity contribution < 1.29 is 52.5 Å². The second kappa shape index (κ2) is 11.7. The van der Waals surface area contributed by atoms with Crippen LogP contribution in [-0.2, 0) is 52.5 Å². The third kappa shape index (κ3) is 9.64. The quantitative estimate of drug-likeness (QED) is 0.354. The van der Waals surface area contributed by atoms with Gasteiger partial charge in [-0.1, -0.05) is 0 Å². The maximum Gasteiger partial charge on any atom is 0.303 e. The molecular weight excluding hydrogens is 380 g/mol. The van der Waals surface area contributed by atoms with E-state index < -0.39 is 66.7 Å². The Kier molecular flexibility index (Phi) is 10.4. The van der Waals surface area contributed by atoms with Gasteiger partial charge >= 0.3 is 29.8 Å². The molecule has 0 N–H and O–H groups in total. The molecular formula is C17H24O11. The zero-order valence-electron chi connectivity index (χ0n) is 16.5. The Bertz CT molecular complexity index is 625. The van der Waals surface area contributed by atoms with Gasteiger partial charge in [-0.3, -0.25) is 28.8 Å². The van der Waals surface area contributed by atoms with Gasteiger partial charge in [0.15, 0.2) is 18.8 Å². The van der Waals surface area contributed by atoms with Gasteiger partial charge in [0.2, 0.25) is 11.9 Å². The number of esters is 5. The number of carbonyl (C=O) groups excluding carboxylic acids is 6. The molecule has 0 aliphatic heterocycles. The van der Waals surface area contributed by atoms with Crippen LogP contribution in [-0.4, -0.2) is 66.7 Å². The monoisotopic (exact) mass is 404 g/mol. The van der Waals surface area contributed by atoms with E-state index in [-0.39, 0.29) is 0 Å². The van der Waals surface area contributed by atoms with E-state index in [1.807, 2.05) is 0 Å². The van der Waals surface area contributed by atoms with Gasteiger partial charge in [0.05, 0.1) is 0 Å². The minimum atomic E-state index is -1.79. The number of Topliss-reactive ketones (excluding diaryl/α,β-unsaturated/α-hetero) is 1. The van der Waals surface area contributed by atoms with Gasteiger partial charge < -0.3 is 23.7 Å². The molecule has 0 aromatic heterocycles. The van der Waals surface area contributed by atoms with Gasteiger partial charge in [0, 0.05) is 34.6 Å². The van der Waals surface area contributed by atoms with Gasteiger partial charge in [0.25, 0.3) is 0 Å². The van der Waals surface area contributed by atoms with Gasteiger partial charge in [0.1, 0.15) is 6.10 Å². The SMILES string of the molecule is CC(=O)OCC(=O)[C@@H](OC(C)=O)[C@H](OC(C)=O)[C@H](OC(C)=O)[C@@H](C)OC(C)=O. The Morgan fingerprint density at radius 2 is 1.04 bits per heavy atom. The van der Waals surface area contributed by atoms with Crippen LogP contribution in [0.1, 0.15) is 41.5 Å². The first kappa shape index (κ1) is 25.0. The zero-order chi connectivity index (χ0) is 22.0. The van der Waals surface area contributed by atoms with Crippen LogP contribution < -0.4 is 0 Å². The van der Waals surface area contributed by atoms with E-state index in [4.69, 9.17) is 18.9 Å². The molecule has 4 atom stereocenters. The fourth-order valence-electron chi connectivity index (χ4n) is 2.19. The lowest BCUT2D eigenvalue weighted by Crippen LogP contribution is -2.54. The third-order valence-electron chi connectivity index (χ3n) is 3.07. The maximum absolute atomic E-state index is 12.4. The summed E-state index contributed by atoms with van der Waals surface area (Å²) >= 11 is 0. The van der Waals surface area contributed by atoms with Crippen LogP contribution in [0.5, 0.6) is 0 Å². The standard InChI is InChI=1S/C17H24O11/c1-8(25-10(3)19)15(26-11(4)20)17(28-13(6)22)16(27-12(5)21)14(23)7-24-9(2)18/h8,15-17H,7H2,1-6H3/t8-,15-,16-,17-/m1/s1. The largest absolute Gasteiger partial charge is 0.459 e. The van der Waals surface area contributed by atoms with Crippen LogP contribution in [0.3, 0.4) is 0 Å². The molecule has 158 valence electrons. The highest BCUT2D eigenvalue weighted by Crippen LogP contribution is 2.20. The number of rotatable bonds is 10. The fourth-order valence-corrected chi connectivity index (χ4v) is 2.19. The lowest BCUT2D eigenvalue weighted by molar-refractivity contribution is -0.198. The first-order valence-corrected chi connectivity index (χ1v) is 8.20. The molecule has 0 heterocycles. The van der Waals surface area contributed by atoms with E-state index in [1.54, 1.807) is 0 Å². The second-order valence-electron chi connectivity index (χ2n) is 5.74. The molecule has 0 saturated carbocycles. The molecule has 0 aromatic carbocycles. The molecule has 0 amide bonds. The van der Waals surface area contributed by atoms with E-state index in [1.165, 1.54) is 6.92 Å². The summed E-state index contributed by atoms with van der Waals surface area (Å²) in [5.74, 6) is -5.10. The lowest BCUT2D eigenvalue weighted by Gasteiger charge is -2.33. The molecule has 11 nitrogen and oxygen atoms in total. The average Bonchev–Trinajstić information content (AvgIpc) is 2.52. The summed E-state index contributed by atoms with van der Waals surface area (Å²) < 4.78 is 24.6. The van der Waals surface area contributed by atoms with Crippen molar-refractivity contribution in [3.63, 3.8) is 0 Å². The van der Waals surface area contributed by atoms with E-state index in [2.05, 4.69) is 4.74 Å². The van der Waals surface area contributed by atoms with Gasteiger partial charge in [-0.25, -0.2) is 0 Å². The number of hydrogen-bond acceptors (Lipinski definition) is 11. The molecule has 0 aliphatic carbocycles. The van der Waals surface area contributed by atoms with Crippen LogP contribution >= 0.6 is 0 Å². The van der Waals surface area contributed by atoms with Crippen molar-refractivity contribution in [1.82, 2.24) is 0 Å². The zero-order valence-corrected chi connectivity index (χ0v) is 16.5. The number of carbonyl (C=O) groups is 6. The summed E-state index contributed by atoms with van der Waals surface area (Å²) in [6.07, 6.45) is -6.12. The summed E-state index contributed by atoms with van der Waals surface area (Å²) in [5, 5.41) is 0. The van der Waals surface area contributed by atoms with E-state index in [9.17, 15) is 28.8 Å². The molecule has 28 heavy (non-hydrogen) atoms. The molecule has 0 fully saturated rings. The van der Waals surface area contributed by atoms with Crippen LogP contribution in [0.25, 0.3) is 0 Å². The minimum absolute atomic E-state index is 0.735. The second-order valence-corrected chi connectivity index (χ2v) is 5.74. The van der Waals surface area contributed by atoms with E-state index >= 15 is 0 Å². The third-order valence-corrected chi connectivity index (χ3v) is 3.07. The predicted octanol–water partition coefficient (Wildman–Crippen LogP) is -0.135. The summed E-state index contributed by atoms with van der Waals surface area (Å²) in [4.78, 5) is 69.2. The molecule has 0 spiro atoms. The lowest BCUT2D eigenvalue weighted by atomic mass is 9.99. The van der Waals surface area contributed by atoms with Crippen molar-refractivity contribution >= 4 is 35.6 Å². The normalized spacial score (nSPS) is 14.5. The topological polar surface area (TPSA) is 149 Å². The Morgan fingerprint density at radius 1 is 0.607 bits per heavy atom. The highest BCUT2D eigenvalue weighted by atomic mass is 16.6. The van der Waals surface area contributed by atoms with Gasteiger partial charge in [-0.2, -0.15) is 0 Å². The van der Waals surface area contributed by atoms with Crippen molar-refractivity contribution in [1.29, 1.82) is 0 Å². The van der Waals surface area contributed by atoms with E-state index in [0.717, 1.165) is 34.6 Å². The van der Waals surface area contributed by atoms with Crippen LogP contribution in [0, 0.1) is 0 Å². The molecule has 11 heteroatoms. The van der Waals surface area contributed by atoms with Gasteiger partial charge in [-0.15, -0.1) is 0 Å². The molecule has 0 aromatic rings. The fraction of sp³-hybridized carbons (Fsp3) is 0.647. The highest BCUT2D eigenvalue weighted by Gasteiger charge is 2.45. The van der Waals surface area contributed by atoms with Crippen molar-refractivity contribution in [2.75, 3.05) is 6.61 Å². The molecule has 0 saturated heterocycles. The van der Waals surface area contributed by atoms with Crippen LogP contribution in [0.2, 0.25) is 0 Å². The van der Waals surface area contributed by atoms with Gasteiger partial charge in [-0.05, 0) is 6.92 Å². The summed E-state index contributed by atoms with van der Waals surface area (Å²) in [5.41, 5.74) is 0. The van der Waals surface area contributed by atoms with Crippen LogP contribution in [0.15, 0.2) is 0 Å². The maximum atomic E-state index is 12.4. The molecule has 0 radical (unpaired) electrons. The summed E-state index contributed by atoms with van der Waals surface area (Å²) in [6, 6.07) is 0. The first-order chi connectivity index (χ1) is 12.8. The Labute approximate surface area is 161 Å². The average molecular weight is 404 g/mol. The molecule has 0 rings (SSSR count). The minimum Gasteiger partial charge on any atom is -0.459 e. The number of hydrogen-bond donors (Lipinski definition) is 0. The van der Waals surface area contributed by atoms with E-state index in [0.29, 0.717) is 0 Å². The summed E-state index contributed by atoms with van der Waals surface area (Å²) in [6.45, 7) is 5.73. The van der Waals surface area contributed by atoms with Crippen LogP contribution in [0.4, 0.5) is 0 Å². The number of ether oxygens (including phenoxy) is 5. The Hall–Kier alpha value is -2.98. The molecule has 0 bridgehead atoms. The predicted molar refractivity (Wildman–Crippen MR) is 89.5 cm³/mol. The van der Waals surface area contributed by atoms with Crippen molar-refractivity contribution in [3.05, 3.63) is 0 Å². The summed E-state index contributed by atoms with van der Waals surface area (Å²) in [7, 11) is 0. The van der Waals surface area contributed by atoms with Crippen molar-refractivity contribution in [3.8, 4) is 0 Å². The highest BCUT2D eigenvalue weighted by molar-refractivity contribution is 5.88. The Morgan fingerprint density at radius 3 is 1.43 bits per heavy atom. The molecule has 0 aliphatic rings.